The van der Waals surface area contributed by atoms with Crippen LogP contribution in [-0.2, 0) is 6.42 Å². The fourth-order valence-electron chi connectivity index (χ4n) is 3.54. The number of aryl methyl sites for hydroxylation is 1. The van der Waals surface area contributed by atoms with E-state index in [9.17, 15) is 9.59 Å². The lowest BCUT2D eigenvalue weighted by Gasteiger charge is -2.29. The summed E-state index contributed by atoms with van der Waals surface area (Å²) in [5, 5.41) is 1.14. The zero-order valence-electron chi connectivity index (χ0n) is 14.9. The number of nitrogens with one attached hydrogen (secondary N) is 1. The molecule has 0 saturated carbocycles. The lowest BCUT2D eigenvalue weighted by molar-refractivity contribution is 0.795. The van der Waals surface area contributed by atoms with Crippen LogP contribution in [0.5, 0.6) is 0 Å². The molecular weight excluding hydrogens is 390 g/mol. The van der Waals surface area contributed by atoms with Crippen molar-refractivity contribution in [3.8, 4) is 5.00 Å². The Hall–Kier alpha value is -2.77. The highest BCUT2D eigenvalue weighted by atomic mass is 32.2. The second-order valence-corrected chi connectivity index (χ2v) is 9.02. The second-order valence-electron chi connectivity index (χ2n) is 6.63. The molecule has 0 amide bonds. The number of benzene rings is 2. The van der Waals surface area contributed by atoms with Crippen molar-refractivity contribution in [2.45, 2.75) is 17.1 Å². The molecule has 140 valence electrons. The molecular formula is C21H17N3O2S2. The van der Waals surface area contributed by atoms with E-state index in [1.807, 2.05) is 12.1 Å². The standard InChI is InChI=1S/C21H17N3O2S2/c25-20-15-8-2-3-9-16(15)22-21(26)24(20)18-11-12-19(27-18)28-23-13-5-7-14-6-1-4-10-17(14)23/h1-4,6,8-12H,5,7,13H2,(H,22,26). The van der Waals surface area contributed by atoms with Crippen molar-refractivity contribution in [1.29, 1.82) is 0 Å². The number of nitrogens with zero attached hydrogens (tertiary/aromatic N) is 2. The first-order chi connectivity index (χ1) is 13.7. The summed E-state index contributed by atoms with van der Waals surface area (Å²) in [6.45, 7) is 0.978. The van der Waals surface area contributed by atoms with Gasteiger partial charge in [-0.15, -0.1) is 11.3 Å². The van der Waals surface area contributed by atoms with Gasteiger partial charge in [0.05, 0.1) is 20.8 Å². The number of rotatable bonds is 3. The van der Waals surface area contributed by atoms with Crippen molar-refractivity contribution in [3.63, 3.8) is 0 Å². The molecule has 28 heavy (non-hydrogen) atoms. The van der Waals surface area contributed by atoms with Gasteiger partial charge in [-0.2, -0.15) is 0 Å². The van der Waals surface area contributed by atoms with E-state index in [1.54, 1.807) is 36.2 Å². The molecule has 0 saturated heterocycles. The van der Waals surface area contributed by atoms with Crippen LogP contribution < -0.4 is 15.6 Å². The van der Waals surface area contributed by atoms with Gasteiger partial charge >= 0.3 is 5.69 Å². The Morgan fingerprint density at radius 2 is 1.79 bits per heavy atom. The zero-order chi connectivity index (χ0) is 19.1. The molecule has 5 nitrogen and oxygen atoms in total. The molecule has 0 aliphatic carbocycles. The maximum Gasteiger partial charge on any atom is 0.334 e. The number of hydrogen-bond acceptors (Lipinski definition) is 5. The van der Waals surface area contributed by atoms with E-state index in [0.29, 0.717) is 15.9 Å². The smallest absolute Gasteiger partial charge is 0.311 e. The van der Waals surface area contributed by atoms with E-state index >= 15 is 0 Å². The number of hydrogen-bond donors (Lipinski definition) is 1. The summed E-state index contributed by atoms with van der Waals surface area (Å²) in [6.07, 6.45) is 2.22. The minimum atomic E-state index is -0.412. The quantitative estimate of drug-likeness (QED) is 0.517. The van der Waals surface area contributed by atoms with Crippen molar-refractivity contribution in [1.82, 2.24) is 9.55 Å². The SMILES string of the molecule is O=c1[nH]c2ccccc2c(=O)n1-c1ccc(SN2CCCc3ccccc32)s1. The van der Waals surface area contributed by atoms with Crippen molar-refractivity contribution >= 4 is 39.9 Å². The van der Waals surface area contributed by atoms with Gasteiger partial charge < -0.3 is 9.29 Å². The minimum Gasteiger partial charge on any atom is -0.311 e. The Bertz CT molecular complexity index is 1290. The number of aromatic amines is 1. The summed E-state index contributed by atoms with van der Waals surface area (Å²) in [5.41, 5.74) is 2.46. The lowest BCUT2D eigenvalue weighted by Crippen LogP contribution is -2.32. The van der Waals surface area contributed by atoms with Crippen LogP contribution in [-0.4, -0.2) is 16.1 Å². The monoisotopic (exact) mass is 407 g/mol. The maximum atomic E-state index is 12.8. The van der Waals surface area contributed by atoms with Crippen LogP contribution in [0.4, 0.5) is 5.69 Å². The highest BCUT2D eigenvalue weighted by Crippen LogP contribution is 2.38. The molecule has 2 aromatic heterocycles. The molecule has 0 bridgehead atoms. The van der Waals surface area contributed by atoms with Crippen LogP contribution in [0.25, 0.3) is 15.9 Å². The molecule has 3 heterocycles. The largest absolute Gasteiger partial charge is 0.334 e. The summed E-state index contributed by atoms with van der Waals surface area (Å²) in [5.74, 6) is 0. The maximum absolute atomic E-state index is 12.8. The first-order valence-corrected chi connectivity index (χ1v) is 10.7. The number of thiophene rings is 1. The van der Waals surface area contributed by atoms with Gasteiger partial charge in [-0.1, -0.05) is 30.3 Å². The molecule has 1 N–H and O–H groups in total. The normalized spacial score (nSPS) is 13.6. The Morgan fingerprint density at radius 1 is 0.964 bits per heavy atom. The summed E-state index contributed by atoms with van der Waals surface area (Å²) in [6, 6.07) is 19.4. The van der Waals surface area contributed by atoms with E-state index in [2.05, 4.69) is 33.6 Å². The highest BCUT2D eigenvalue weighted by molar-refractivity contribution is 8.02. The van der Waals surface area contributed by atoms with Crippen molar-refractivity contribution in [2.24, 2.45) is 0 Å². The Balaban J connectivity index is 1.51. The van der Waals surface area contributed by atoms with Gasteiger partial charge in [-0.3, -0.25) is 4.79 Å². The van der Waals surface area contributed by atoms with Gasteiger partial charge in [0.2, 0.25) is 0 Å². The van der Waals surface area contributed by atoms with Crippen LogP contribution in [0.1, 0.15) is 12.0 Å². The molecule has 0 fully saturated rings. The minimum absolute atomic E-state index is 0.291. The highest BCUT2D eigenvalue weighted by Gasteiger charge is 2.19. The van der Waals surface area contributed by atoms with Gasteiger partial charge in [0, 0.05) is 6.54 Å². The molecule has 0 spiro atoms. The number of para-hydroxylation sites is 2. The van der Waals surface area contributed by atoms with E-state index in [0.717, 1.165) is 23.6 Å². The van der Waals surface area contributed by atoms with Crippen LogP contribution in [0.2, 0.25) is 0 Å². The average molecular weight is 408 g/mol. The predicted molar refractivity (Wildman–Crippen MR) is 116 cm³/mol. The molecule has 0 unspecified atom stereocenters. The van der Waals surface area contributed by atoms with Gasteiger partial charge in [-0.05, 0) is 60.7 Å². The Kier molecular flexibility index (Phi) is 4.33. The first-order valence-electron chi connectivity index (χ1n) is 9.08. The Morgan fingerprint density at radius 3 is 2.71 bits per heavy atom. The number of H-pyrrole nitrogens is 1. The molecule has 2 aromatic carbocycles. The third-order valence-electron chi connectivity index (χ3n) is 4.86. The molecule has 4 aromatic rings. The van der Waals surface area contributed by atoms with E-state index < -0.39 is 5.69 Å². The third-order valence-corrected chi connectivity index (χ3v) is 7.11. The molecule has 0 atom stereocenters. The van der Waals surface area contributed by atoms with Crippen LogP contribution in [0, 0.1) is 0 Å². The van der Waals surface area contributed by atoms with Gasteiger partial charge in [0.15, 0.2) is 0 Å². The van der Waals surface area contributed by atoms with Crippen molar-refractivity contribution in [3.05, 3.63) is 87.1 Å². The van der Waals surface area contributed by atoms with Crippen LogP contribution in [0.3, 0.4) is 0 Å². The second kappa shape index (κ2) is 7.00. The zero-order valence-corrected chi connectivity index (χ0v) is 16.6. The van der Waals surface area contributed by atoms with Crippen molar-refractivity contribution in [2.75, 3.05) is 10.8 Å². The topological polar surface area (TPSA) is 58.1 Å². The average Bonchev–Trinajstić information content (AvgIpc) is 3.16. The van der Waals surface area contributed by atoms with E-state index in [1.165, 1.54) is 27.2 Å². The van der Waals surface area contributed by atoms with Crippen LogP contribution in [0.15, 0.2) is 74.5 Å². The van der Waals surface area contributed by atoms with Gasteiger partial charge in [-0.25, -0.2) is 9.36 Å². The number of aromatic nitrogens is 2. The summed E-state index contributed by atoms with van der Waals surface area (Å²) in [4.78, 5) is 28.2. The summed E-state index contributed by atoms with van der Waals surface area (Å²) < 4.78 is 4.56. The van der Waals surface area contributed by atoms with Crippen LogP contribution >= 0.6 is 23.3 Å². The third kappa shape index (κ3) is 2.96. The summed E-state index contributed by atoms with van der Waals surface area (Å²) >= 11 is 3.12. The molecule has 5 rings (SSSR count). The first kappa shape index (κ1) is 17.3. The van der Waals surface area contributed by atoms with Gasteiger partial charge in [0.25, 0.3) is 5.56 Å². The van der Waals surface area contributed by atoms with Gasteiger partial charge in [0.1, 0.15) is 5.00 Å². The predicted octanol–water partition coefficient (Wildman–Crippen LogP) is 4.20. The molecule has 7 heteroatoms. The van der Waals surface area contributed by atoms with E-state index in [-0.39, 0.29) is 5.56 Å². The molecule has 1 aliphatic heterocycles. The van der Waals surface area contributed by atoms with E-state index in [4.69, 9.17) is 0 Å². The Labute approximate surface area is 169 Å². The number of anilines is 1. The fourth-order valence-corrected chi connectivity index (χ4v) is 5.80. The molecule has 1 aliphatic rings. The lowest BCUT2D eigenvalue weighted by atomic mass is 10.0. The van der Waals surface area contributed by atoms with Crippen molar-refractivity contribution < 1.29 is 0 Å². The summed E-state index contributed by atoms with van der Waals surface area (Å²) in [7, 11) is 0. The number of fused-ring (bicyclic) bond motifs is 2. The molecule has 0 radical (unpaired) electrons. The fraction of sp³-hybridized carbons (Fsp3) is 0.143.